The molecule has 210 valence electrons. The Morgan fingerprint density at radius 2 is 1.09 bits per heavy atom. The topological polar surface area (TPSA) is 43.6 Å². The maximum Gasteiger partial charge on any atom is 0.238 e. The maximum atomic E-state index is 9.54. The van der Waals surface area contributed by atoms with Gasteiger partial charge in [0.05, 0.1) is 41.2 Å². The molecule has 0 unspecified atom stereocenters. The molecule has 0 fully saturated rings. The van der Waals surface area contributed by atoms with E-state index in [1.54, 1.807) is 0 Å². The minimum atomic E-state index is -0.817. The highest BCUT2D eigenvalue weighted by atomic mass is 32.1. The third-order valence-corrected chi connectivity index (χ3v) is 9.42. The van der Waals surface area contributed by atoms with Crippen molar-refractivity contribution in [1.29, 1.82) is 0 Å². The van der Waals surface area contributed by atoms with Crippen molar-refractivity contribution in [2.75, 3.05) is 0 Å². The molecule has 10 rings (SSSR count). The third kappa shape index (κ3) is 3.67. The molecular formula is C39H22N4S2. The first-order valence-electron chi connectivity index (χ1n) is 24.1. The number of benzene rings is 6. The first kappa shape index (κ1) is 11.8. The lowest BCUT2D eigenvalue weighted by Crippen LogP contribution is -2.06. The molecule has 0 amide bonds. The van der Waals surface area contributed by atoms with Crippen LogP contribution >= 0.6 is 22.7 Å². The molecule has 0 radical (unpaired) electrons. The Morgan fingerprint density at radius 3 is 1.89 bits per heavy atom. The van der Waals surface area contributed by atoms with Gasteiger partial charge in [-0.2, -0.15) is 9.97 Å². The van der Waals surface area contributed by atoms with Crippen LogP contribution in [-0.2, 0) is 0 Å². The molecule has 0 bridgehead atoms. The van der Waals surface area contributed by atoms with E-state index >= 15 is 0 Å². The summed E-state index contributed by atoms with van der Waals surface area (Å²) in [4.78, 5) is 13.7. The summed E-state index contributed by atoms with van der Waals surface area (Å²) in [6, 6.07) is -14.8. The summed E-state index contributed by atoms with van der Waals surface area (Å²) in [7, 11) is 0. The summed E-state index contributed by atoms with van der Waals surface area (Å²) >= 11 is 1.50. The number of thiophene rings is 2. The van der Waals surface area contributed by atoms with Crippen LogP contribution in [0.5, 0.6) is 0 Å². The fourth-order valence-electron chi connectivity index (χ4n) is 5.31. The number of nitrogens with zero attached hydrogens (tertiary/aromatic N) is 4. The van der Waals surface area contributed by atoms with Gasteiger partial charge in [-0.3, -0.25) is 4.57 Å². The zero-order chi connectivity index (χ0) is 48.6. The van der Waals surface area contributed by atoms with Crippen molar-refractivity contribution in [3.8, 4) is 28.7 Å². The van der Waals surface area contributed by atoms with Gasteiger partial charge in [-0.25, -0.2) is 4.98 Å². The van der Waals surface area contributed by atoms with Crippen LogP contribution in [0.4, 0.5) is 0 Å². The molecule has 4 heterocycles. The lowest BCUT2D eigenvalue weighted by molar-refractivity contribution is 0.955. The van der Waals surface area contributed by atoms with Crippen molar-refractivity contribution >= 4 is 84.8 Å². The summed E-state index contributed by atoms with van der Waals surface area (Å²) in [5, 5.41) is -0.957. The summed E-state index contributed by atoms with van der Waals surface area (Å²) in [5.74, 6) is -1.96. The van der Waals surface area contributed by atoms with Gasteiger partial charge in [0, 0.05) is 62.2 Å². The third-order valence-electron chi connectivity index (χ3n) is 7.18. The molecule has 0 saturated heterocycles. The second-order valence-electron chi connectivity index (χ2n) is 9.59. The van der Waals surface area contributed by atoms with Gasteiger partial charge in [-0.1, -0.05) is 103 Å². The van der Waals surface area contributed by atoms with E-state index in [1.807, 2.05) is 0 Å². The molecule has 6 aromatic carbocycles. The van der Waals surface area contributed by atoms with Crippen LogP contribution in [-0.4, -0.2) is 19.5 Å². The lowest BCUT2D eigenvalue weighted by atomic mass is 10.1. The molecule has 45 heavy (non-hydrogen) atoms. The van der Waals surface area contributed by atoms with Crippen molar-refractivity contribution in [3.63, 3.8) is 0 Å². The Labute approximate surface area is 296 Å². The monoisotopic (exact) mass is 632 g/mol. The Bertz CT molecular complexity index is 4000. The SMILES string of the molecule is [2H]c1c([2H])c([2H])c(-c2nc(-c3c([2H])c([2H])c([2H])c4c3sc3c([2H])c([2H])c([2H])c([2H])c34)nc(-n3c4c([2H])c([2H])c([2H])c([2H])c4c4c5sc6c([2H])c([2H])c([2H])c([2H])c6c5c([2H])c([2H])c43)n2)c([2H])c1[2H]. The highest BCUT2D eigenvalue weighted by Gasteiger charge is 2.21. The average molecular weight is 633 g/mol. The molecule has 6 heteroatoms. The van der Waals surface area contributed by atoms with Crippen LogP contribution in [0.15, 0.2) is 133 Å². The first-order chi connectivity index (χ1) is 31.5. The van der Waals surface area contributed by atoms with E-state index in [4.69, 9.17) is 23.3 Å². The molecule has 4 aromatic heterocycles. The minimum Gasteiger partial charge on any atom is -0.278 e. The fourth-order valence-corrected chi connectivity index (χ4v) is 7.49. The van der Waals surface area contributed by atoms with Gasteiger partial charge in [0.2, 0.25) is 5.95 Å². The average Bonchev–Trinajstić information content (AvgIpc) is 4.01. The van der Waals surface area contributed by atoms with E-state index in [0.29, 0.717) is 11.3 Å². The molecule has 0 aliphatic carbocycles. The van der Waals surface area contributed by atoms with Gasteiger partial charge < -0.3 is 0 Å². The van der Waals surface area contributed by atoms with Crippen LogP contribution in [0.2, 0.25) is 0 Å². The van der Waals surface area contributed by atoms with Gasteiger partial charge in [0.15, 0.2) is 11.6 Å². The van der Waals surface area contributed by atoms with Crippen LogP contribution in [0.25, 0.3) is 90.9 Å². The van der Waals surface area contributed by atoms with Crippen molar-refractivity contribution in [2.24, 2.45) is 0 Å². The maximum absolute atomic E-state index is 9.54. The van der Waals surface area contributed by atoms with Gasteiger partial charge in [-0.15, -0.1) is 22.7 Å². The second-order valence-corrected chi connectivity index (χ2v) is 11.6. The predicted molar refractivity (Wildman–Crippen MR) is 191 cm³/mol. The number of fused-ring (bicyclic) bond motifs is 10. The Morgan fingerprint density at radius 1 is 0.467 bits per heavy atom. The molecule has 0 aliphatic rings. The van der Waals surface area contributed by atoms with E-state index in [2.05, 4.69) is 15.0 Å². The minimum absolute atomic E-state index is 0.0184. The number of aromatic nitrogens is 4. The first-order valence-corrected chi connectivity index (χ1v) is 14.7. The molecule has 0 aliphatic heterocycles. The Kier molecular flexibility index (Phi) is 2.50. The summed E-state index contributed by atoms with van der Waals surface area (Å²) in [6.07, 6.45) is 0. The van der Waals surface area contributed by atoms with Gasteiger partial charge in [0.1, 0.15) is 0 Å². The van der Waals surface area contributed by atoms with Crippen LogP contribution in [0, 0.1) is 0 Å². The number of rotatable bonds is 3. The molecule has 4 nitrogen and oxygen atoms in total. The van der Waals surface area contributed by atoms with Crippen LogP contribution in [0.1, 0.15) is 30.2 Å². The Balaban J connectivity index is 1.47. The van der Waals surface area contributed by atoms with Crippen LogP contribution in [0.3, 0.4) is 0 Å². The fraction of sp³-hybridized carbons (Fsp3) is 0. The molecule has 0 saturated carbocycles. The van der Waals surface area contributed by atoms with E-state index in [0.717, 1.165) is 15.9 Å². The highest BCUT2D eigenvalue weighted by Crippen LogP contribution is 2.44. The zero-order valence-corrected chi connectivity index (χ0v) is 23.7. The number of hydrogen-bond acceptors (Lipinski definition) is 5. The van der Waals surface area contributed by atoms with Crippen molar-refractivity contribution < 1.29 is 30.2 Å². The standard InChI is InChI=1S/C39H22N4S2/c1-2-11-23(12-3-1)37-40-38(29-17-10-16-26-24-13-5-8-19-32(24)44-35(26)29)42-39(41-37)43-30-18-7-4-15-28(30)34-31(43)22-21-27-25-14-6-9-20-33(25)45-36(27)34/h1-22H/i1D,2D,3D,4D,5D,6D,7D,8D,9D,10D,11D,12D,13D,14D,15D,16D,17D,18D,19D,20D,21D,22D. The predicted octanol–water partition coefficient (Wildman–Crippen LogP) is 11.0. The molecule has 0 spiro atoms. The van der Waals surface area contributed by atoms with Gasteiger partial charge in [-0.05, 0) is 30.2 Å². The zero-order valence-electron chi connectivity index (χ0n) is 44.1. The van der Waals surface area contributed by atoms with E-state index in [9.17, 15) is 6.85 Å². The largest absolute Gasteiger partial charge is 0.278 e. The quantitative estimate of drug-likeness (QED) is 0.195. The van der Waals surface area contributed by atoms with Gasteiger partial charge >= 0.3 is 0 Å². The van der Waals surface area contributed by atoms with E-state index in [1.165, 1.54) is 0 Å². The summed E-state index contributed by atoms with van der Waals surface area (Å²) in [6.45, 7) is 0. The van der Waals surface area contributed by atoms with Crippen LogP contribution < -0.4 is 0 Å². The lowest BCUT2D eigenvalue weighted by Gasteiger charge is -2.11. The summed E-state index contributed by atoms with van der Waals surface area (Å²) in [5.41, 5.74) is -1.76. The summed E-state index contributed by atoms with van der Waals surface area (Å²) < 4.78 is 194. The van der Waals surface area contributed by atoms with Crippen molar-refractivity contribution in [3.05, 3.63) is 133 Å². The van der Waals surface area contributed by atoms with E-state index in [-0.39, 0.29) is 62.2 Å². The molecule has 0 atom stereocenters. The molecule has 0 N–H and O–H groups in total. The smallest absolute Gasteiger partial charge is 0.238 e. The van der Waals surface area contributed by atoms with Gasteiger partial charge in [0.25, 0.3) is 0 Å². The van der Waals surface area contributed by atoms with E-state index < -0.39 is 162 Å². The van der Waals surface area contributed by atoms with Crippen molar-refractivity contribution in [2.45, 2.75) is 0 Å². The molecule has 10 aromatic rings. The van der Waals surface area contributed by atoms with Crippen molar-refractivity contribution in [1.82, 2.24) is 19.5 Å². The second kappa shape index (κ2) is 9.53. The number of hydrogen-bond donors (Lipinski definition) is 0. The Hall–Kier alpha value is -5.43. The number of para-hydroxylation sites is 1. The highest BCUT2D eigenvalue weighted by molar-refractivity contribution is 7.27. The normalized spacial score (nSPS) is 18.8. The molecular weight excluding hydrogens is 589 g/mol.